The zero-order valence-electron chi connectivity index (χ0n) is 15.2. The molecule has 0 heterocycles. The molecular weight excluding hydrogens is 340 g/mol. The van der Waals surface area contributed by atoms with Gasteiger partial charge in [0.2, 0.25) is 0 Å². The molecule has 0 saturated carbocycles. The Kier molecular flexibility index (Phi) is 5.82. The summed E-state index contributed by atoms with van der Waals surface area (Å²) in [5, 5.41) is 0. The van der Waals surface area contributed by atoms with E-state index in [0.29, 0.717) is 0 Å². The van der Waals surface area contributed by atoms with Gasteiger partial charge in [-0.1, -0.05) is 47.5 Å². The molecule has 0 aliphatic rings. The van der Waals surface area contributed by atoms with Crippen LogP contribution in [0.25, 0.3) is 11.0 Å². The molecule has 3 rings (SSSR count). The van der Waals surface area contributed by atoms with E-state index in [1.54, 1.807) is 7.11 Å². The van der Waals surface area contributed by atoms with Gasteiger partial charge in [0.25, 0.3) is 0 Å². The third-order valence-electron chi connectivity index (χ3n) is 4.18. The summed E-state index contributed by atoms with van der Waals surface area (Å²) in [4.78, 5) is 1.57. The van der Waals surface area contributed by atoms with Crippen molar-refractivity contribution in [2.45, 2.75) is 18.7 Å². The molecule has 0 spiro atoms. The summed E-state index contributed by atoms with van der Waals surface area (Å²) in [5.74, 6) is 0.782. The van der Waals surface area contributed by atoms with Crippen molar-refractivity contribution in [1.29, 1.82) is 0 Å². The summed E-state index contributed by atoms with van der Waals surface area (Å²) in [5.41, 5.74) is 4.30. The van der Waals surface area contributed by atoms with Crippen molar-refractivity contribution in [2.24, 2.45) is 0 Å². The average Bonchev–Trinajstić information content (AvgIpc) is 2.68. The maximum atomic E-state index is 13.3. The van der Waals surface area contributed by atoms with Crippen LogP contribution in [0.2, 0.25) is 0 Å². The zero-order valence-corrected chi connectivity index (χ0v) is 16.0. The van der Waals surface area contributed by atoms with E-state index in [0.717, 1.165) is 32.2 Å². The number of ether oxygens (including phenoxy) is 1. The SMILES string of the molecule is COc1ccc(/C(=C\c2ccc(C)cc2)[S+]([O-])c2ccc(C)cc2)cc1. The number of hydrogen-bond donors (Lipinski definition) is 0. The van der Waals surface area contributed by atoms with Gasteiger partial charge in [-0.25, -0.2) is 0 Å². The molecule has 3 aromatic rings. The van der Waals surface area contributed by atoms with Crippen molar-refractivity contribution in [2.75, 3.05) is 7.11 Å². The van der Waals surface area contributed by atoms with Crippen LogP contribution in [-0.2, 0) is 11.2 Å². The normalized spacial score (nSPS) is 12.7. The van der Waals surface area contributed by atoms with Crippen molar-refractivity contribution >= 4 is 22.2 Å². The smallest absolute Gasteiger partial charge is 0.166 e. The van der Waals surface area contributed by atoms with Crippen LogP contribution in [0.1, 0.15) is 22.3 Å². The van der Waals surface area contributed by atoms with Gasteiger partial charge in [0, 0.05) is 22.8 Å². The van der Waals surface area contributed by atoms with Gasteiger partial charge in [0.15, 0.2) is 9.80 Å². The monoisotopic (exact) mass is 362 g/mol. The minimum atomic E-state index is -1.27. The Balaban J connectivity index is 2.04. The van der Waals surface area contributed by atoms with Gasteiger partial charge >= 0.3 is 0 Å². The molecule has 0 fully saturated rings. The Morgan fingerprint density at radius 3 is 1.88 bits per heavy atom. The molecule has 0 aliphatic carbocycles. The van der Waals surface area contributed by atoms with Crippen molar-refractivity contribution < 1.29 is 9.29 Å². The zero-order chi connectivity index (χ0) is 18.5. The summed E-state index contributed by atoms with van der Waals surface area (Å²) >= 11 is -1.27. The number of aryl methyl sites for hydroxylation is 2. The molecule has 132 valence electrons. The van der Waals surface area contributed by atoms with Gasteiger partial charge < -0.3 is 9.29 Å². The molecule has 0 saturated heterocycles. The standard InChI is InChI=1S/C23H22O2S/c1-17-4-8-19(9-5-17)16-23(20-10-12-21(25-3)13-11-20)26(24)22-14-6-18(2)7-15-22/h4-16H,1-3H3/b23-16+. The number of methoxy groups -OCH3 is 1. The van der Waals surface area contributed by atoms with Crippen LogP contribution in [0, 0.1) is 13.8 Å². The topological polar surface area (TPSA) is 32.3 Å². The quantitative estimate of drug-likeness (QED) is 0.436. The summed E-state index contributed by atoms with van der Waals surface area (Å²) in [6, 6.07) is 23.7. The molecule has 0 N–H and O–H groups in total. The molecule has 1 atom stereocenters. The fourth-order valence-corrected chi connectivity index (χ4v) is 3.83. The van der Waals surface area contributed by atoms with E-state index in [1.807, 2.05) is 73.7 Å². The molecule has 0 aromatic heterocycles. The lowest BCUT2D eigenvalue weighted by Crippen LogP contribution is -2.04. The molecule has 2 nitrogen and oxygen atoms in total. The van der Waals surface area contributed by atoms with E-state index in [9.17, 15) is 4.55 Å². The van der Waals surface area contributed by atoms with Crippen LogP contribution >= 0.6 is 0 Å². The lowest BCUT2D eigenvalue weighted by Gasteiger charge is -2.14. The second-order valence-corrected chi connectivity index (χ2v) is 7.68. The molecular formula is C23H22O2S. The predicted octanol–water partition coefficient (Wildman–Crippen LogP) is 5.62. The molecule has 26 heavy (non-hydrogen) atoms. The van der Waals surface area contributed by atoms with Crippen molar-refractivity contribution in [1.82, 2.24) is 0 Å². The van der Waals surface area contributed by atoms with Gasteiger partial charge in [-0.2, -0.15) is 0 Å². The van der Waals surface area contributed by atoms with E-state index < -0.39 is 11.2 Å². The highest BCUT2D eigenvalue weighted by molar-refractivity contribution is 8.00. The summed E-state index contributed by atoms with van der Waals surface area (Å²) < 4.78 is 18.5. The maximum Gasteiger partial charge on any atom is 0.166 e. The highest BCUT2D eigenvalue weighted by Gasteiger charge is 2.20. The lowest BCUT2D eigenvalue weighted by molar-refractivity contribution is 0.415. The fourth-order valence-electron chi connectivity index (χ4n) is 2.60. The minimum Gasteiger partial charge on any atom is -0.606 e. The fraction of sp³-hybridized carbons (Fsp3) is 0.130. The molecule has 0 bridgehead atoms. The van der Waals surface area contributed by atoms with Crippen molar-refractivity contribution in [3.8, 4) is 5.75 Å². The van der Waals surface area contributed by atoms with Crippen LogP contribution in [0.4, 0.5) is 0 Å². The Bertz CT molecular complexity index is 879. The van der Waals surface area contributed by atoms with E-state index in [4.69, 9.17) is 4.74 Å². The molecule has 0 aliphatic heterocycles. The van der Waals surface area contributed by atoms with Crippen LogP contribution in [0.3, 0.4) is 0 Å². The molecule has 3 aromatic carbocycles. The van der Waals surface area contributed by atoms with Crippen LogP contribution < -0.4 is 4.74 Å². The van der Waals surface area contributed by atoms with E-state index in [2.05, 4.69) is 19.1 Å². The third kappa shape index (κ3) is 4.37. The summed E-state index contributed by atoms with van der Waals surface area (Å²) in [6.45, 7) is 4.08. The van der Waals surface area contributed by atoms with Gasteiger partial charge in [-0.05, 0) is 55.8 Å². The van der Waals surface area contributed by atoms with Gasteiger partial charge in [-0.15, -0.1) is 0 Å². The number of rotatable bonds is 5. The number of hydrogen-bond acceptors (Lipinski definition) is 2. The summed E-state index contributed by atoms with van der Waals surface area (Å²) in [7, 11) is 1.64. The first-order chi connectivity index (χ1) is 12.6. The molecule has 0 amide bonds. The van der Waals surface area contributed by atoms with Gasteiger partial charge in [0.1, 0.15) is 5.75 Å². The summed E-state index contributed by atoms with van der Waals surface area (Å²) in [6.07, 6.45) is 2.00. The van der Waals surface area contributed by atoms with E-state index >= 15 is 0 Å². The maximum absolute atomic E-state index is 13.3. The molecule has 1 unspecified atom stereocenters. The third-order valence-corrected chi connectivity index (χ3v) is 5.64. The van der Waals surface area contributed by atoms with E-state index in [-0.39, 0.29) is 0 Å². The first kappa shape index (κ1) is 18.3. The highest BCUT2D eigenvalue weighted by Crippen LogP contribution is 2.31. The lowest BCUT2D eigenvalue weighted by atomic mass is 10.1. The first-order valence-electron chi connectivity index (χ1n) is 8.48. The minimum absolute atomic E-state index is 0.778. The van der Waals surface area contributed by atoms with Gasteiger partial charge in [0.05, 0.1) is 7.11 Å². The Morgan fingerprint density at radius 2 is 1.35 bits per heavy atom. The highest BCUT2D eigenvalue weighted by atomic mass is 32.2. The Labute approximate surface area is 158 Å². The Hall–Kier alpha value is -2.49. The van der Waals surface area contributed by atoms with Crippen LogP contribution in [0.5, 0.6) is 5.75 Å². The van der Waals surface area contributed by atoms with Crippen molar-refractivity contribution in [3.63, 3.8) is 0 Å². The van der Waals surface area contributed by atoms with Crippen molar-refractivity contribution in [3.05, 3.63) is 95.1 Å². The van der Waals surface area contributed by atoms with Crippen LogP contribution in [0.15, 0.2) is 77.7 Å². The van der Waals surface area contributed by atoms with Crippen LogP contribution in [-0.4, -0.2) is 11.7 Å². The average molecular weight is 362 g/mol. The first-order valence-corrected chi connectivity index (χ1v) is 9.63. The number of benzene rings is 3. The van der Waals surface area contributed by atoms with Gasteiger partial charge in [-0.3, -0.25) is 0 Å². The molecule has 0 radical (unpaired) electrons. The molecule has 3 heteroatoms. The second-order valence-electron chi connectivity index (χ2n) is 6.23. The predicted molar refractivity (Wildman–Crippen MR) is 110 cm³/mol. The Morgan fingerprint density at radius 1 is 0.808 bits per heavy atom. The largest absolute Gasteiger partial charge is 0.606 e. The van der Waals surface area contributed by atoms with E-state index in [1.165, 1.54) is 5.56 Å². The second kappa shape index (κ2) is 8.26.